The summed E-state index contributed by atoms with van der Waals surface area (Å²) < 4.78 is 7.34. The van der Waals surface area contributed by atoms with Crippen molar-refractivity contribution in [1.29, 1.82) is 0 Å². The molecule has 2 N–H and O–H groups in total. The van der Waals surface area contributed by atoms with Gasteiger partial charge in [0, 0.05) is 45.9 Å². The van der Waals surface area contributed by atoms with Crippen molar-refractivity contribution in [3.05, 3.63) is 35.8 Å². The van der Waals surface area contributed by atoms with E-state index in [2.05, 4.69) is 32.6 Å². The zero-order valence-electron chi connectivity index (χ0n) is 16.8. The van der Waals surface area contributed by atoms with Crippen LogP contribution in [0.2, 0.25) is 0 Å². The van der Waals surface area contributed by atoms with Gasteiger partial charge in [0.1, 0.15) is 18.1 Å². The normalized spacial score (nSPS) is 16.5. The molecule has 152 valence electrons. The number of amides is 1. The number of guanidine groups is 1. The third-order valence-corrected chi connectivity index (χ3v) is 4.67. The highest BCUT2D eigenvalue weighted by Gasteiger charge is 2.22. The molecule has 1 atom stereocenters. The van der Waals surface area contributed by atoms with Crippen molar-refractivity contribution in [3.8, 4) is 0 Å². The predicted molar refractivity (Wildman–Crippen MR) is 106 cm³/mol. The van der Waals surface area contributed by atoms with E-state index >= 15 is 0 Å². The van der Waals surface area contributed by atoms with Gasteiger partial charge in [0.05, 0.1) is 12.8 Å². The molecule has 28 heavy (non-hydrogen) atoms. The van der Waals surface area contributed by atoms with Gasteiger partial charge in [-0.2, -0.15) is 5.10 Å². The fraction of sp³-hybridized carbons (Fsp3) is 0.579. The second-order valence-electron chi connectivity index (χ2n) is 7.07. The summed E-state index contributed by atoms with van der Waals surface area (Å²) in [7, 11) is 3.46. The van der Waals surface area contributed by atoms with Gasteiger partial charge in [-0.1, -0.05) is 6.92 Å². The molecular formula is C19H29N7O2. The first-order valence-electron chi connectivity index (χ1n) is 9.75. The summed E-state index contributed by atoms with van der Waals surface area (Å²) >= 11 is 0. The summed E-state index contributed by atoms with van der Waals surface area (Å²) in [5.74, 6) is 3.43. The van der Waals surface area contributed by atoms with E-state index in [1.54, 1.807) is 25.3 Å². The van der Waals surface area contributed by atoms with E-state index in [9.17, 15) is 4.79 Å². The molecule has 0 aromatic carbocycles. The van der Waals surface area contributed by atoms with Crippen LogP contribution < -0.4 is 10.6 Å². The quantitative estimate of drug-likeness (QED) is 0.533. The van der Waals surface area contributed by atoms with Crippen LogP contribution in [0.4, 0.5) is 0 Å². The minimum absolute atomic E-state index is 0.0399. The number of aryl methyl sites for hydroxylation is 2. The maximum atomic E-state index is 11.9. The van der Waals surface area contributed by atoms with Gasteiger partial charge in [-0.3, -0.25) is 4.79 Å². The highest BCUT2D eigenvalue weighted by molar-refractivity contribution is 5.84. The van der Waals surface area contributed by atoms with Gasteiger partial charge in [0.15, 0.2) is 11.8 Å². The average molecular weight is 387 g/mol. The smallest absolute Gasteiger partial charge is 0.243 e. The molecule has 1 aliphatic rings. The number of carbonyl (C=O) groups is 1. The van der Waals surface area contributed by atoms with Crippen molar-refractivity contribution in [2.75, 3.05) is 27.2 Å². The molecule has 2 aromatic heterocycles. The Balaban J connectivity index is 1.60. The Morgan fingerprint density at radius 2 is 2.32 bits per heavy atom. The fourth-order valence-corrected chi connectivity index (χ4v) is 3.02. The number of furan rings is 1. The lowest BCUT2D eigenvalue weighted by Crippen LogP contribution is -2.48. The monoisotopic (exact) mass is 387 g/mol. The van der Waals surface area contributed by atoms with Crippen molar-refractivity contribution in [3.63, 3.8) is 0 Å². The number of likely N-dealkylation sites (N-methyl/N-ethyl adjacent to an activating group) is 1. The number of aliphatic imine (C=N–C) groups is 1. The first-order valence-corrected chi connectivity index (χ1v) is 9.75. The van der Waals surface area contributed by atoms with Gasteiger partial charge < -0.3 is 20.0 Å². The molecule has 0 spiro atoms. The van der Waals surface area contributed by atoms with Crippen LogP contribution in [0.5, 0.6) is 0 Å². The average Bonchev–Trinajstić information content (AvgIpc) is 3.34. The summed E-state index contributed by atoms with van der Waals surface area (Å²) in [5, 5.41) is 11.3. The summed E-state index contributed by atoms with van der Waals surface area (Å²) in [6.45, 7) is 3.57. The Kier molecular flexibility index (Phi) is 6.67. The van der Waals surface area contributed by atoms with Gasteiger partial charge in [-0.15, -0.1) is 0 Å². The zero-order chi connectivity index (χ0) is 19.9. The van der Waals surface area contributed by atoms with E-state index in [0.717, 1.165) is 49.6 Å². The highest BCUT2D eigenvalue weighted by atomic mass is 16.3. The Labute approximate surface area is 165 Å². The number of aromatic nitrogens is 3. The minimum atomic E-state index is -0.0399. The van der Waals surface area contributed by atoms with Crippen LogP contribution in [-0.2, 0) is 30.6 Å². The number of nitrogens with one attached hydrogen (secondary N) is 2. The van der Waals surface area contributed by atoms with Crippen LogP contribution >= 0.6 is 0 Å². The lowest BCUT2D eigenvalue weighted by atomic mass is 10.1. The highest BCUT2D eigenvalue weighted by Crippen LogP contribution is 2.13. The molecule has 1 aliphatic heterocycles. The summed E-state index contributed by atoms with van der Waals surface area (Å²) in [4.78, 5) is 22.5. The Morgan fingerprint density at radius 3 is 3.04 bits per heavy atom. The summed E-state index contributed by atoms with van der Waals surface area (Å²) in [5.41, 5.74) is 0. The molecule has 0 aliphatic carbocycles. The van der Waals surface area contributed by atoms with E-state index in [1.165, 1.54) is 0 Å². The largest absolute Gasteiger partial charge is 0.469 e. The summed E-state index contributed by atoms with van der Waals surface area (Å²) in [6, 6.07) is 4.00. The molecule has 3 heterocycles. The molecule has 1 unspecified atom stereocenters. The van der Waals surface area contributed by atoms with Gasteiger partial charge in [0.2, 0.25) is 5.91 Å². The second-order valence-corrected chi connectivity index (χ2v) is 7.07. The molecule has 1 amide bonds. The molecule has 2 aromatic rings. The third kappa shape index (κ3) is 5.34. The maximum absolute atomic E-state index is 11.9. The topological polar surface area (TPSA) is 101 Å². The van der Waals surface area contributed by atoms with Crippen LogP contribution in [0.1, 0.15) is 30.8 Å². The van der Waals surface area contributed by atoms with Crippen molar-refractivity contribution in [2.24, 2.45) is 4.99 Å². The van der Waals surface area contributed by atoms with Crippen molar-refractivity contribution >= 4 is 11.9 Å². The van der Waals surface area contributed by atoms with Gasteiger partial charge in [0.25, 0.3) is 0 Å². The molecular weight excluding hydrogens is 358 g/mol. The number of rotatable bonds is 7. The van der Waals surface area contributed by atoms with Crippen LogP contribution in [0.3, 0.4) is 0 Å². The second kappa shape index (κ2) is 9.38. The summed E-state index contributed by atoms with van der Waals surface area (Å²) in [6.07, 6.45) is 5.07. The fourth-order valence-electron chi connectivity index (χ4n) is 3.02. The Morgan fingerprint density at radius 1 is 1.46 bits per heavy atom. The van der Waals surface area contributed by atoms with Gasteiger partial charge in [-0.05, 0) is 18.6 Å². The molecule has 0 fully saturated rings. The molecule has 3 rings (SSSR count). The maximum Gasteiger partial charge on any atom is 0.243 e. The third-order valence-electron chi connectivity index (χ3n) is 4.67. The first kappa shape index (κ1) is 19.9. The molecule has 9 heteroatoms. The van der Waals surface area contributed by atoms with Crippen LogP contribution in [0.25, 0.3) is 0 Å². The van der Waals surface area contributed by atoms with E-state index in [0.29, 0.717) is 12.5 Å². The molecule has 0 saturated heterocycles. The van der Waals surface area contributed by atoms with Crippen molar-refractivity contribution in [1.82, 2.24) is 30.3 Å². The molecule has 9 nitrogen and oxygen atoms in total. The lowest BCUT2D eigenvalue weighted by Gasteiger charge is -2.25. The van der Waals surface area contributed by atoms with Crippen LogP contribution in [-0.4, -0.2) is 64.8 Å². The standard InChI is InChI=1S/C19H29N7O2/c1-4-16-23-17-8-7-14(13-26(17)24-16)22-19(21-12-18(27)25(2)3)20-10-9-15-6-5-11-28-15/h5-6,11,14H,4,7-10,12-13H2,1-3H3,(H2,20,21,22). The Hall–Kier alpha value is -2.84. The Bertz CT molecular complexity index is 795. The minimum Gasteiger partial charge on any atom is -0.469 e. The van der Waals surface area contributed by atoms with Crippen LogP contribution in [0.15, 0.2) is 27.8 Å². The SMILES string of the molecule is CCc1nc2n(n1)CC(NC(=NCC(=O)N(C)C)NCCc1ccco1)CC2. The predicted octanol–water partition coefficient (Wildman–Crippen LogP) is 0.614. The number of hydrogen-bond acceptors (Lipinski definition) is 5. The van der Waals surface area contributed by atoms with E-state index < -0.39 is 0 Å². The molecule has 0 radical (unpaired) electrons. The molecule has 0 saturated carbocycles. The van der Waals surface area contributed by atoms with Gasteiger partial charge in [-0.25, -0.2) is 14.7 Å². The number of hydrogen-bond donors (Lipinski definition) is 2. The van der Waals surface area contributed by atoms with Crippen molar-refractivity contribution in [2.45, 2.75) is 45.2 Å². The lowest BCUT2D eigenvalue weighted by molar-refractivity contribution is -0.127. The number of nitrogens with zero attached hydrogens (tertiary/aromatic N) is 5. The zero-order valence-corrected chi connectivity index (χ0v) is 16.8. The van der Waals surface area contributed by atoms with E-state index in [-0.39, 0.29) is 18.5 Å². The number of carbonyl (C=O) groups excluding carboxylic acids is 1. The van der Waals surface area contributed by atoms with Gasteiger partial charge >= 0.3 is 0 Å². The van der Waals surface area contributed by atoms with Crippen molar-refractivity contribution < 1.29 is 9.21 Å². The molecule has 0 bridgehead atoms. The first-order chi connectivity index (χ1) is 13.5. The van der Waals surface area contributed by atoms with E-state index in [1.807, 2.05) is 16.8 Å². The van der Waals surface area contributed by atoms with E-state index in [4.69, 9.17) is 4.42 Å². The number of fused-ring (bicyclic) bond motifs is 1. The van der Waals surface area contributed by atoms with Crippen LogP contribution in [0, 0.1) is 0 Å².